The van der Waals surface area contributed by atoms with Crippen molar-refractivity contribution in [2.24, 2.45) is 11.8 Å². The Labute approximate surface area is 186 Å². The third kappa shape index (κ3) is 5.89. The van der Waals surface area contributed by atoms with Crippen molar-refractivity contribution in [3.63, 3.8) is 0 Å². The van der Waals surface area contributed by atoms with E-state index in [1.54, 1.807) is 18.5 Å². The van der Waals surface area contributed by atoms with Gasteiger partial charge in [-0.1, -0.05) is 30.3 Å². The van der Waals surface area contributed by atoms with E-state index in [0.717, 1.165) is 41.9 Å². The van der Waals surface area contributed by atoms with E-state index in [9.17, 15) is 8.42 Å². The Morgan fingerprint density at radius 3 is 1.77 bits per heavy atom. The number of benzene rings is 2. The molecule has 0 saturated heterocycles. The van der Waals surface area contributed by atoms with Gasteiger partial charge in [-0.05, 0) is 73.4 Å². The maximum Gasteiger partial charge on any atom is 0.217 e. The molecule has 0 heterocycles. The van der Waals surface area contributed by atoms with Crippen molar-refractivity contribution >= 4 is 10.0 Å². The smallest absolute Gasteiger partial charge is 0.217 e. The number of hydrogen-bond acceptors (Lipinski definition) is 4. The van der Waals surface area contributed by atoms with Gasteiger partial charge in [0.05, 0.1) is 19.5 Å². The zero-order valence-corrected chi connectivity index (χ0v) is 19.5. The number of ether oxygens (including phenoxy) is 2. The summed E-state index contributed by atoms with van der Waals surface area (Å²) in [7, 11) is -0.293. The van der Waals surface area contributed by atoms with E-state index in [1.165, 1.54) is 0 Å². The van der Waals surface area contributed by atoms with Crippen LogP contribution in [0.2, 0.25) is 0 Å². The molecule has 0 radical (unpaired) electrons. The summed E-state index contributed by atoms with van der Waals surface area (Å²) in [5.74, 6) is 2.09. The molecule has 3 rings (SSSR count). The second-order valence-corrected chi connectivity index (χ2v) is 10.5. The van der Waals surface area contributed by atoms with Crippen molar-refractivity contribution in [3.8, 4) is 11.5 Å². The zero-order chi connectivity index (χ0) is 22.4. The van der Waals surface area contributed by atoms with Gasteiger partial charge in [0.25, 0.3) is 0 Å². The SMILES string of the molecule is C=CCC(C1CC1)[C@H](C)S(=O)(=O)N(Cc1ccc(OC)cc1)Cc1ccc(OC)cc1. The molecule has 1 saturated carbocycles. The minimum Gasteiger partial charge on any atom is -0.497 e. The summed E-state index contributed by atoms with van der Waals surface area (Å²) >= 11 is 0. The zero-order valence-electron chi connectivity index (χ0n) is 18.7. The first-order valence-electron chi connectivity index (χ1n) is 10.7. The second-order valence-electron chi connectivity index (χ2n) is 8.24. The van der Waals surface area contributed by atoms with Crippen LogP contribution in [0.5, 0.6) is 11.5 Å². The van der Waals surface area contributed by atoms with Crippen LogP contribution >= 0.6 is 0 Å². The van der Waals surface area contributed by atoms with Gasteiger partial charge in [0.15, 0.2) is 0 Å². The van der Waals surface area contributed by atoms with Gasteiger partial charge in [-0.3, -0.25) is 0 Å². The van der Waals surface area contributed by atoms with Crippen molar-refractivity contribution < 1.29 is 17.9 Å². The first-order valence-corrected chi connectivity index (χ1v) is 12.2. The lowest BCUT2D eigenvalue weighted by Crippen LogP contribution is -2.40. The molecule has 1 aliphatic rings. The van der Waals surface area contributed by atoms with E-state index in [-0.39, 0.29) is 5.92 Å². The summed E-state index contributed by atoms with van der Waals surface area (Å²) in [6.07, 6.45) is 4.79. The van der Waals surface area contributed by atoms with E-state index < -0.39 is 15.3 Å². The first kappa shape index (κ1) is 23.4. The van der Waals surface area contributed by atoms with Crippen LogP contribution in [0.1, 0.15) is 37.3 Å². The first-order chi connectivity index (χ1) is 14.9. The highest BCUT2D eigenvalue weighted by Gasteiger charge is 2.41. The molecule has 5 nitrogen and oxygen atoms in total. The van der Waals surface area contributed by atoms with E-state index in [4.69, 9.17) is 9.47 Å². The summed E-state index contributed by atoms with van der Waals surface area (Å²) in [6.45, 7) is 6.34. The minimum atomic E-state index is -3.53. The monoisotopic (exact) mass is 443 g/mol. The van der Waals surface area contributed by atoms with Crippen molar-refractivity contribution in [2.75, 3.05) is 14.2 Å². The van der Waals surface area contributed by atoms with Gasteiger partial charge in [0.2, 0.25) is 10.0 Å². The Hall–Kier alpha value is -2.31. The summed E-state index contributed by atoms with van der Waals surface area (Å²) < 4.78 is 39.6. The molecule has 0 amide bonds. The van der Waals surface area contributed by atoms with Crippen molar-refractivity contribution in [3.05, 3.63) is 72.3 Å². The highest BCUT2D eigenvalue weighted by Crippen LogP contribution is 2.43. The summed E-state index contributed by atoms with van der Waals surface area (Å²) in [6, 6.07) is 15.1. The normalized spacial score (nSPS) is 16.0. The van der Waals surface area contributed by atoms with Crippen LogP contribution < -0.4 is 9.47 Å². The molecule has 0 spiro atoms. The third-order valence-electron chi connectivity index (χ3n) is 6.13. The number of allylic oxidation sites excluding steroid dienone is 1. The molecule has 2 atom stereocenters. The Morgan fingerprint density at radius 2 is 1.42 bits per heavy atom. The van der Waals surface area contributed by atoms with Crippen LogP contribution in [0, 0.1) is 11.8 Å². The molecular formula is C25H33NO4S. The molecule has 168 valence electrons. The van der Waals surface area contributed by atoms with Crippen LogP contribution in [-0.4, -0.2) is 32.2 Å². The topological polar surface area (TPSA) is 55.8 Å². The third-order valence-corrected chi connectivity index (χ3v) is 8.40. The lowest BCUT2D eigenvalue weighted by atomic mass is 9.96. The van der Waals surface area contributed by atoms with Gasteiger partial charge in [-0.15, -0.1) is 6.58 Å². The lowest BCUT2D eigenvalue weighted by molar-refractivity contribution is 0.367. The predicted molar refractivity (Wildman–Crippen MR) is 125 cm³/mol. The molecule has 1 fully saturated rings. The lowest BCUT2D eigenvalue weighted by Gasteiger charge is -2.30. The van der Waals surface area contributed by atoms with Crippen LogP contribution in [0.25, 0.3) is 0 Å². The molecule has 2 aromatic rings. The molecule has 1 aliphatic carbocycles. The number of nitrogens with zero attached hydrogens (tertiary/aromatic N) is 1. The van der Waals surface area contributed by atoms with Crippen molar-refractivity contribution in [1.29, 1.82) is 0 Å². The second kappa shape index (κ2) is 10.3. The summed E-state index contributed by atoms with van der Waals surface area (Å²) in [5, 5.41) is -0.463. The summed E-state index contributed by atoms with van der Waals surface area (Å²) in [5.41, 5.74) is 1.86. The summed E-state index contributed by atoms with van der Waals surface area (Å²) in [4.78, 5) is 0. The molecule has 1 unspecified atom stereocenters. The van der Waals surface area contributed by atoms with Crippen LogP contribution in [0.4, 0.5) is 0 Å². The van der Waals surface area contributed by atoms with Gasteiger partial charge < -0.3 is 9.47 Å². The van der Waals surface area contributed by atoms with Crippen molar-refractivity contribution in [2.45, 2.75) is 44.5 Å². The number of sulfonamides is 1. The highest BCUT2D eigenvalue weighted by atomic mass is 32.2. The average Bonchev–Trinajstić information content (AvgIpc) is 3.62. The van der Waals surface area contributed by atoms with E-state index >= 15 is 0 Å². The van der Waals surface area contributed by atoms with Gasteiger partial charge in [0, 0.05) is 13.1 Å². The van der Waals surface area contributed by atoms with Gasteiger partial charge in [-0.25, -0.2) is 8.42 Å². The molecular weight excluding hydrogens is 410 g/mol. The van der Waals surface area contributed by atoms with Gasteiger partial charge in [0.1, 0.15) is 11.5 Å². The number of rotatable bonds is 12. The van der Waals surface area contributed by atoms with Crippen LogP contribution in [-0.2, 0) is 23.1 Å². The fraction of sp³-hybridized carbons (Fsp3) is 0.440. The Bertz CT molecular complexity index is 901. The molecule has 0 N–H and O–H groups in total. The molecule has 6 heteroatoms. The quantitative estimate of drug-likeness (QED) is 0.432. The Morgan fingerprint density at radius 1 is 0.968 bits per heavy atom. The predicted octanol–water partition coefficient (Wildman–Crippen LogP) is 5.03. The number of methoxy groups -OCH3 is 2. The molecule has 0 bridgehead atoms. The van der Waals surface area contributed by atoms with Crippen LogP contribution in [0.3, 0.4) is 0 Å². The van der Waals surface area contributed by atoms with E-state index in [2.05, 4.69) is 6.58 Å². The van der Waals surface area contributed by atoms with Crippen LogP contribution in [0.15, 0.2) is 61.2 Å². The maximum atomic E-state index is 13.8. The fourth-order valence-corrected chi connectivity index (χ4v) is 5.95. The van der Waals surface area contributed by atoms with E-state index in [1.807, 2.05) is 61.5 Å². The Kier molecular flexibility index (Phi) is 7.79. The fourth-order valence-electron chi connectivity index (χ4n) is 4.05. The average molecular weight is 444 g/mol. The largest absolute Gasteiger partial charge is 0.497 e. The van der Waals surface area contributed by atoms with E-state index in [0.29, 0.717) is 19.0 Å². The maximum absolute atomic E-state index is 13.8. The molecule has 0 aromatic heterocycles. The number of hydrogen-bond donors (Lipinski definition) is 0. The molecule has 31 heavy (non-hydrogen) atoms. The molecule has 0 aliphatic heterocycles. The van der Waals surface area contributed by atoms with Crippen molar-refractivity contribution in [1.82, 2.24) is 4.31 Å². The Balaban J connectivity index is 1.88. The standard InChI is InChI=1S/C25H33NO4S/c1-5-6-25(22-11-12-22)19(2)31(27,28)26(17-20-7-13-23(29-3)14-8-20)18-21-9-15-24(30-4)16-10-21/h5,7-10,13-16,19,22,25H,1,6,11-12,17-18H2,2-4H3/t19-,25?/m0/s1. The highest BCUT2D eigenvalue weighted by molar-refractivity contribution is 7.89. The van der Waals surface area contributed by atoms with Gasteiger partial charge >= 0.3 is 0 Å². The molecule has 2 aromatic carbocycles. The minimum absolute atomic E-state index is 0.108. The van der Waals surface area contributed by atoms with Gasteiger partial charge in [-0.2, -0.15) is 4.31 Å².